The summed E-state index contributed by atoms with van der Waals surface area (Å²) in [5.41, 5.74) is 5.49. The fourth-order valence-electron chi connectivity index (χ4n) is 8.41. The van der Waals surface area contributed by atoms with Gasteiger partial charge in [-0.15, -0.1) is 0 Å². The summed E-state index contributed by atoms with van der Waals surface area (Å²) in [4.78, 5) is 68.7. The lowest BCUT2D eigenvalue weighted by atomic mass is 9.77. The molecule has 5 amide bonds. The molecule has 1 saturated heterocycles. The van der Waals surface area contributed by atoms with E-state index in [1.165, 1.54) is 0 Å². The van der Waals surface area contributed by atoms with Crippen molar-refractivity contribution in [3.05, 3.63) is 35.9 Å². The first-order valence-electron chi connectivity index (χ1n) is 17.9. The quantitative estimate of drug-likeness (QED) is 0.248. The van der Waals surface area contributed by atoms with Crippen LogP contribution in [0.5, 0.6) is 0 Å². The number of nitrogens with zero attached hydrogens (tertiary/aromatic N) is 1. The van der Waals surface area contributed by atoms with Gasteiger partial charge in [0.2, 0.25) is 17.6 Å². The molecule has 1 aromatic carbocycles. The Balaban J connectivity index is 1.35. The minimum absolute atomic E-state index is 0.0578. The number of nitrogens with one attached hydrogen (secondary N) is 3. The fraction of sp³-hybridized carbons (Fsp3) is 0.703. The second-order valence-electron chi connectivity index (χ2n) is 15.8. The van der Waals surface area contributed by atoms with Gasteiger partial charge >= 0.3 is 6.03 Å². The number of Topliss-reactive ketones (excluding diaryl/α,β-unsaturated/α-hetero) is 1. The minimum atomic E-state index is -1.06. The van der Waals surface area contributed by atoms with Crippen LogP contribution >= 0.6 is 0 Å². The highest BCUT2D eigenvalue weighted by atomic mass is 16.2. The topological polar surface area (TPSA) is 151 Å². The molecule has 0 bridgehead atoms. The molecule has 0 aromatic heterocycles. The highest BCUT2D eigenvalue weighted by molar-refractivity contribution is 6.37. The number of ketones is 1. The largest absolute Gasteiger partial charge is 0.363 e. The number of nitrogens with two attached hydrogens (primary N) is 1. The molecule has 4 atom stereocenters. The van der Waals surface area contributed by atoms with Crippen molar-refractivity contribution in [1.29, 1.82) is 0 Å². The smallest absolute Gasteiger partial charge is 0.315 e. The van der Waals surface area contributed by atoms with Crippen LogP contribution in [0.1, 0.15) is 110 Å². The second-order valence-corrected chi connectivity index (χ2v) is 15.8. The number of amides is 5. The Bertz CT molecular complexity index is 1290. The summed E-state index contributed by atoms with van der Waals surface area (Å²) in [6.45, 7) is 6.16. The van der Waals surface area contributed by atoms with E-state index in [2.05, 4.69) is 28.1 Å². The first-order valence-corrected chi connectivity index (χ1v) is 17.9. The van der Waals surface area contributed by atoms with Crippen molar-refractivity contribution in [3.8, 4) is 0 Å². The highest BCUT2D eigenvalue weighted by Crippen LogP contribution is 2.41. The molecule has 258 valence electrons. The Morgan fingerprint density at radius 3 is 2.15 bits per heavy atom. The number of rotatable bonds is 12. The van der Waals surface area contributed by atoms with Crippen LogP contribution in [0.4, 0.5) is 4.79 Å². The van der Waals surface area contributed by atoms with Crippen molar-refractivity contribution in [3.63, 3.8) is 0 Å². The summed E-state index contributed by atoms with van der Waals surface area (Å²) in [6, 6.07) is 7.15. The average molecular weight is 650 g/mol. The van der Waals surface area contributed by atoms with E-state index < -0.39 is 46.7 Å². The zero-order chi connectivity index (χ0) is 33.8. The van der Waals surface area contributed by atoms with Gasteiger partial charge in [0.25, 0.3) is 5.91 Å². The third-order valence-corrected chi connectivity index (χ3v) is 11.1. The summed E-state index contributed by atoms with van der Waals surface area (Å²) < 4.78 is 0. The molecule has 0 spiro atoms. The molecule has 5 rings (SSSR count). The predicted molar refractivity (Wildman–Crippen MR) is 180 cm³/mol. The molecule has 0 radical (unpaired) electrons. The van der Waals surface area contributed by atoms with Crippen molar-refractivity contribution in [1.82, 2.24) is 20.9 Å². The van der Waals surface area contributed by atoms with Crippen LogP contribution in [0, 0.1) is 23.2 Å². The molecule has 3 aliphatic carbocycles. The van der Waals surface area contributed by atoms with Crippen molar-refractivity contribution in [2.75, 3.05) is 6.54 Å². The van der Waals surface area contributed by atoms with Gasteiger partial charge in [-0.05, 0) is 60.8 Å². The van der Waals surface area contributed by atoms with E-state index in [9.17, 15) is 24.0 Å². The molecule has 47 heavy (non-hydrogen) atoms. The second kappa shape index (κ2) is 14.8. The molecular weight excluding hydrogens is 594 g/mol. The molecule has 4 aliphatic rings. The van der Waals surface area contributed by atoms with Crippen LogP contribution in [0.15, 0.2) is 30.3 Å². The zero-order valence-corrected chi connectivity index (χ0v) is 28.5. The van der Waals surface area contributed by atoms with E-state index in [0.717, 1.165) is 82.6 Å². The Kier molecular flexibility index (Phi) is 11.0. The number of primary amides is 1. The molecule has 1 unspecified atom stereocenters. The lowest BCUT2D eigenvalue weighted by Crippen LogP contribution is -2.63. The molecule has 10 heteroatoms. The van der Waals surface area contributed by atoms with Gasteiger partial charge in [0.15, 0.2) is 0 Å². The van der Waals surface area contributed by atoms with Gasteiger partial charge in [0.1, 0.15) is 12.1 Å². The number of likely N-dealkylation sites (tertiary alicyclic amines) is 1. The Hall–Kier alpha value is -3.43. The lowest BCUT2D eigenvalue weighted by Gasteiger charge is -2.40. The highest BCUT2D eigenvalue weighted by Gasteiger charge is 2.50. The van der Waals surface area contributed by atoms with Gasteiger partial charge in [-0.3, -0.25) is 19.2 Å². The fourth-order valence-corrected chi connectivity index (χ4v) is 8.41. The lowest BCUT2D eigenvalue weighted by molar-refractivity contribution is -0.144. The van der Waals surface area contributed by atoms with Crippen molar-refractivity contribution >= 4 is 29.5 Å². The molecule has 3 saturated carbocycles. The molecule has 5 N–H and O–H groups in total. The number of benzene rings is 1. The molecular formula is C37H55N5O5. The number of hydrogen-bond donors (Lipinski definition) is 4. The Morgan fingerprint density at radius 1 is 0.894 bits per heavy atom. The van der Waals surface area contributed by atoms with Crippen LogP contribution in [-0.4, -0.2) is 64.6 Å². The predicted octanol–water partition coefficient (Wildman–Crippen LogP) is 4.39. The maximum Gasteiger partial charge on any atom is 0.315 e. The van der Waals surface area contributed by atoms with E-state index in [1.807, 2.05) is 39.0 Å². The van der Waals surface area contributed by atoms with Crippen LogP contribution in [0.3, 0.4) is 0 Å². The molecule has 1 aliphatic heterocycles. The van der Waals surface area contributed by atoms with Crippen molar-refractivity contribution < 1.29 is 24.0 Å². The first kappa shape index (κ1) is 34.9. The van der Waals surface area contributed by atoms with Crippen LogP contribution < -0.4 is 21.7 Å². The minimum Gasteiger partial charge on any atom is -0.363 e. The van der Waals surface area contributed by atoms with E-state index in [0.29, 0.717) is 25.3 Å². The van der Waals surface area contributed by atoms with E-state index >= 15 is 0 Å². The van der Waals surface area contributed by atoms with Crippen molar-refractivity contribution in [2.45, 2.75) is 134 Å². The standard InChI is InChI=1S/C37H55N5O5/c1-36(2,3)31(40-35(47)41-37(19-10-5-11-20-37)23-25-12-6-4-7-13-25)34(46)42-21-18-27(26-14-8-9-15-26)29(42)33(45)39-28(22-24-16-17-24)30(43)32(38)44/h4,6-7,12-13,24,26-29,31H,5,8-11,14-23H2,1-3H3,(H2,38,44)(H,39,45)(H2,40,41,47)/t27-,28?,29+,31-/m1/s1. The van der Waals surface area contributed by atoms with Crippen molar-refractivity contribution in [2.24, 2.45) is 28.9 Å². The third-order valence-electron chi connectivity index (χ3n) is 11.1. The SMILES string of the molecule is CC(C)(C)[C@H](NC(=O)NC1(Cc2ccccc2)CCCCC1)C(=O)N1CC[C@H](C2CCCC2)[C@H]1C(=O)NC(CC1CC1)C(=O)C(N)=O. The van der Waals surface area contributed by atoms with Gasteiger partial charge in [-0.2, -0.15) is 0 Å². The van der Waals surface area contributed by atoms with Gasteiger partial charge < -0.3 is 26.6 Å². The maximum atomic E-state index is 14.5. The number of carbonyl (C=O) groups excluding carboxylic acids is 5. The summed E-state index contributed by atoms with van der Waals surface area (Å²) in [5.74, 6) is -2.05. The average Bonchev–Trinajstić information content (AvgIpc) is 3.47. The number of carbonyl (C=O) groups is 5. The van der Waals surface area contributed by atoms with Crippen LogP contribution in [0.25, 0.3) is 0 Å². The summed E-state index contributed by atoms with van der Waals surface area (Å²) >= 11 is 0. The van der Waals surface area contributed by atoms with E-state index in [-0.39, 0.29) is 23.8 Å². The normalized spacial score (nSPS) is 24.3. The molecule has 4 fully saturated rings. The Morgan fingerprint density at radius 2 is 1.55 bits per heavy atom. The molecule has 1 heterocycles. The number of hydrogen-bond acceptors (Lipinski definition) is 5. The summed E-state index contributed by atoms with van der Waals surface area (Å²) in [6.07, 6.45) is 12.8. The Labute approximate surface area is 279 Å². The number of urea groups is 1. The summed E-state index contributed by atoms with van der Waals surface area (Å²) in [7, 11) is 0. The third kappa shape index (κ3) is 8.73. The van der Waals surface area contributed by atoms with E-state index in [4.69, 9.17) is 5.73 Å². The molecule has 1 aromatic rings. The van der Waals surface area contributed by atoms with E-state index in [1.54, 1.807) is 4.90 Å². The van der Waals surface area contributed by atoms with Gasteiger partial charge in [-0.1, -0.05) is 109 Å². The summed E-state index contributed by atoms with van der Waals surface area (Å²) in [5, 5.41) is 9.23. The van der Waals surface area contributed by atoms with Gasteiger partial charge in [-0.25, -0.2) is 4.79 Å². The monoisotopic (exact) mass is 649 g/mol. The molecule has 10 nitrogen and oxygen atoms in total. The van der Waals surface area contributed by atoms with Crippen LogP contribution in [0.2, 0.25) is 0 Å². The maximum absolute atomic E-state index is 14.5. The van der Waals surface area contributed by atoms with Crippen LogP contribution in [-0.2, 0) is 25.6 Å². The van der Waals surface area contributed by atoms with Gasteiger partial charge in [0.05, 0.1) is 6.04 Å². The zero-order valence-electron chi connectivity index (χ0n) is 28.5. The first-order chi connectivity index (χ1) is 22.4. The van der Waals surface area contributed by atoms with Gasteiger partial charge in [0, 0.05) is 12.1 Å².